The summed E-state index contributed by atoms with van der Waals surface area (Å²) < 4.78 is 13.0. The van der Waals surface area contributed by atoms with Crippen molar-refractivity contribution in [3.05, 3.63) is 36.5 Å². The number of benzene rings is 1. The Balaban J connectivity index is 2.00. The van der Waals surface area contributed by atoms with Gasteiger partial charge in [-0.25, -0.2) is 4.98 Å². The third-order valence-electron chi connectivity index (χ3n) is 3.86. The fraction of sp³-hybridized carbons (Fsp3) is 0.250. The molecule has 3 aromatic rings. The average molecular weight is 296 g/mol. The molecule has 1 unspecified atom stereocenters. The van der Waals surface area contributed by atoms with Crippen LogP contribution in [0.1, 0.15) is 13.0 Å². The van der Waals surface area contributed by atoms with Gasteiger partial charge in [-0.2, -0.15) is 0 Å². The summed E-state index contributed by atoms with van der Waals surface area (Å²) in [5.74, 6) is 2.27. The Bertz CT molecular complexity index is 829. The molecule has 3 heterocycles. The highest BCUT2D eigenvalue weighted by Crippen LogP contribution is 2.38. The lowest BCUT2D eigenvalue weighted by Crippen LogP contribution is -2.17. The Kier molecular flexibility index (Phi) is 2.97. The van der Waals surface area contributed by atoms with Gasteiger partial charge in [-0.15, -0.1) is 0 Å². The van der Waals surface area contributed by atoms with Gasteiger partial charge in [0.2, 0.25) is 6.79 Å². The first-order chi connectivity index (χ1) is 10.8. The molecule has 0 bridgehead atoms. The topological polar surface area (TPSA) is 75.2 Å². The van der Waals surface area contributed by atoms with Gasteiger partial charge >= 0.3 is 0 Å². The summed E-state index contributed by atoms with van der Waals surface area (Å²) in [7, 11) is 0. The molecule has 0 saturated heterocycles. The maximum atomic E-state index is 5.89. The molecule has 2 aromatic heterocycles. The van der Waals surface area contributed by atoms with E-state index in [1.807, 2.05) is 30.3 Å². The zero-order valence-corrected chi connectivity index (χ0v) is 12.2. The third-order valence-corrected chi connectivity index (χ3v) is 3.86. The molecule has 22 heavy (non-hydrogen) atoms. The van der Waals surface area contributed by atoms with Gasteiger partial charge in [-0.3, -0.25) is 4.98 Å². The number of nitrogens with two attached hydrogens (primary N) is 1. The zero-order valence-electron chi connectivity index (χ0n) is 12.2. The van der Waals surface area contributed by atoms with Gasteiger partial charge in [0.25, 0.3) is 0 Å². The van der Waals surface area contributed by atoms with Crippen LogP contribution in [-0.4, -0.2) is 27.9 Å². The molecule has 1 aliphatic heterocycles. The normalized spacial score (nSPS) is 14.5. The molecule has 1 aliphatic rings. The molecule has 6 heteroatoms. The van der Waals surface area contributed by atoms with Crippen LogP contribution in [0.2, 0.25) is 0 Å². The lowest BCUT2D eigenvalue weighted by molar-refractivity contribution is 0.174. The molecular weight excluding hydrogens is 280 g/mol. The first-order valence-electron chi connectivity index (χ1n) is 7.21. The molecule has 0 amide bonds. The summed E-state index contributed by atoms with van der Waals surface area (Å²) in [6.07, 6.45) is 1.76. The molecule has 1 aromatic carbocycles. The van der Waals surface area contributed by atoms with E-state index in [2.05, 4.69) is 16.5 Å². The van der Waals surface area contributed by atoms with Crippen LogP contribution in [0, 0.1) is 0 Å². The largest absolute Gasteiger partial charge is 0.454 e. The number of fused-ring (bicyclic) bond motifs is 2. The van der Waals surface area contributed by atoms with Crippen LogP contribution in [0.15, 0.2) is 36.5 Å². The van der Waals surface area contributed by atoms with Gasteiger partial charge in [0, 0.05) is 30.9 Å². The van der Waals surface area contributed by atoms with Crippen LogP contribution in [0.3, 0.4) is 0 Å². The molecule has 0 radical (unpaired) electrons. The number of nitrogens with zero attached hydrogens (tertiary/aromatic N) is 3. The molecule has 0 fully saturated rings. The van der Waals surface area contributed by atoms with E-state index in [1.54, 1.807) is 6.20 Å². The molecule has 1 atom stereocenters. The van der Waals surface area contributed by atoms with E-state index in [4.69, 9.17) is 20.2 Å². The van der Waals surface area contributed by atoms with E-state index in [9.17, 15) is 0 Å². The minimum absolute atomic E-state index is 0.0994. The molecule has 2 N–H and O–H groups in total. The van der Waals surface area contributed by atoms with Crippen LogP contribution in [0.25, 0.3) is 22.6 Å². The first-order valence-corrected chi connectivity index (χ1v) is 7.21. The number of imidazole rings is 1. The smallest absolute Gasteiger partial charge is 0.231 e. The predicted octanol–water partition coefficient (Wildman–Crippen LogP) is 2.35. The number of hydrogen-bond donors (Lipinski definition) is 1. The summed E-state index contributed by atoms with van der Waals surface area (Å²) in [5, 5.41) is 0. The first kappa shape index (κ1) is 13.1. The van der Waals surface area contributed by atoms with Crippen LogP contribution in [-0.2, 0) is 0 Å². The van der Waals surface area contributed by atoms with Gasteiger partial charge < -0.3 is 19.8 Å². The highest BCUT2D eigenvalue weighted by atomic mass is 16.7. The number of pyridine rings is 1. The number of aromatic nitrogens is 3. The summed E-state index contributed by atoms with van der Waals surface area (Å²) >= 11 is 0. The Morgan fingerprint density at radius 1 is 1.27 bits per heavy atom. The predicted molar refractivity (Wildman–Crippen MR) is 82.9 cm³/mol. The zero-order chi connectivity index (χ0) is 15.1. The maximum Gasteiger partial charge on any atom is 0.231 e. The second-order valence-corrected chi connectivity index (χ2v) is 5.30. The summed E-state index contributed by atoms with van der Waals surface area (Å²) in [5.41, 5.74) is 8.54. The van der Waals surface area contributed by atoms with Crippen molar-refractivity contribution in [2.24, 2.45) is 5.73 Å². The minimum Gasteiger partial charge on any atom is -0.454 e. The number of ether oxygens (including phenoxy) is 2. The SMILES string of the molecule is CC(CN)n1c(-c2ccccn2)nc2cc3c(cc21)OCO3. The third kappa shape index (κ3) is 1.92. The highest BCUT2D eigenvalue weighted by molar-refractivity contribution is 5.84. The van der Waals surface area contributed by atoms with E-state index in [0.717, 1.165) is 34.1 Å². The highest BCUT2D eigenvalue weighted by Gasteiger charge is 2.22. The van der Waals surface area contributed by atoms with Crippen molar-refractivity contribution in [2.75, 3.05) is 13.3 Å². The van der Waals surface area contributed by atoms with Crippen molar-refractivity contribution in [3.8, 4) is 23.0 Å². The number of hydrogen-bond acceptors (Lipinski definition) is 5. The standard InChI is InChI=1S/C16H16N4O2/c1-10(8-17)20-13-7-15-14(21-9-22-15)6-12(13)19-16(20)11-4-2-3-5-18-11/h2-7,10H,8-9,17H2,1H3. The van der Waals surface area contributed by atoms with Crippen molar-refractivity contribution in [1.82, 2.24) is 14.5 Å². The van der Waals surface area contributed by atoms with Crippen molar-refractivity contribution in [3.63, 3.8) is 0 Å². The average Bonchev–Trinajstić information content (AvgIpc) is 3.16. The van der Waals surface area contributed by atoms with Gasteiger partial charge in [0.15, 0.2) is 17.3 Å². The lowest BCUT2D eigenvalue weighted by Gasteiger charge is -2.15. The van der Waals surface area contributed by atoms with Gasteiger partial charge in [0.1, 0.15) is 5.69 Å². The maximum absolute atomic E-state index is 5.89. The molecule has 4 rings (SSSR count). The van der Waals surface area contributed by atoms with Crippen LogP contribution < -0.4 is 15.2 Å². The van der Waals surface area contributed by atoms with Gasteiger partial charge in [-0.1, -0.05) is 6.07 Å². The number of rotatable bonds is 3. The fourth-order valence-electron chi connectivity index (χ4n) is 2.71. The fourth-order valence-corrected chi connectivity index (χ4v) is 2.71. The molecule has 112 valence electrons. The summed E-state index contributed by atoms with van der Waals surface area (Å²) in [6, 6.07) is 9.75. The second kappa shape index (κ2) is 4.99. The summed E-state index contributed by atoms with van der Waals surface area (Å²) in [4.78, 5) is 9.15. The molecule has 0 saturated carbocycles. The van der Waals surface area contributed by atoms with Gasteiger partial charge in [0.05, 0.1) is 11.0 Å². The molecular formula is C16H16N4O2. The van der Waals surface area contributed by atoms with E-state index >= 15 is 0 Å². The van der Waals surface area contributed by atoms with Gasteiger partial charge in [-0.05, 0) is 19.1 Å². The van der Waals surface area contributed by atoms with Crippen molar-refractivity contribution in [1.29, 1.82) is 0 Å². The lowest BCUT2D eigenvalue weighted by atomic mass is 10.2. The van der Waals surface area contributed by atoms with Crippen LogP contribution in [0.5, 0.6) is 11.5 Å². The van der Waals surface area contributed by atoms with Crippen molar-refractivity contribution in [2.45, 2.75) is 13.0 Å². The summed E-state index contributed by atoms with van der Waals surface area (Å²) in [6.45, 7) is 2.83. The van der Waals surface area contributed by atoms with Crippen molar-refractivity contribution < 1.29 is 9.47 Å². The van der Waals surface area contributed by atoms with E-state index < -0.39 is 0 Å². The van der Waals surface area contributed by atoms with Crippen LogP contribution in [0.4, 0.5) is 0 Å². The minimum atomic E-state index is 0.0994. The van der Waals surface area contributed by atoms with Crippen LogP contribution >= 0.6 is 0 Å². The molecule has 0 aliphatic carbocycles. The Hall–Kier alpha value is -2.60. The molecule has 6 nitrogen and oxygen atoms in total. The Morgan fingerprint density at radius 2 is 2.09 bits per heavy atom. The Labute approximate surface area is 127 Å². The quantitative estimate of drug-likeness (QED) is 0.803. The van der Waals surface area contributed by atoms with E-state index in [0.29, 0.717) is 6.54 Å². The molecule has 0 spiro atoms. The van der Waals surface area contributed by atoms with E-state index in [1.165, 1.54) is 0 Å². The monoisotopic (exact) mass is 296 g/mol. The second-order valence-electron chi connectivity index (χ2n) is 5.30. The Morgan fingerprint density at radius 3 is 2.82 bits per heavy atom. The van der Waals surface area contributed by atoms with E-state index in [-0.39, 0.29) is 12.8 Å². The van der Waals surface area contributed by atoms with Crippen molar-refractivity contribution >= 4 is 11.0 Å².